The molecule has 1 aliphatic carbocycles. The molecule has 126 valence electrons. The maximum absolute atomic E-state index is 6.06. The number of benzene rings is 1. The van der Waals surface area contributed by atoms with Crippen LogP contribution in [0.5, 0.6) is 0 Å². The lowest BCUT2D eigenvalue weighted by Crippen LogP contribution is -2.39. The molecular weight excluding hydrogens is 343 g/mol. The fourth-order valence-corrected chi connectivity index (χ4v) is 3.02. The molecule has 0 spiro atoms. The molecule has 2 unspecified atom stereocenters. The number of pyridine rings is 1. The van der Waals surface area contributed by atoms with Gasteiger partial charge in [-0.25, -0.2) is 4.98 Å². The van der Waals surface area contributed by atoms with Gasteiger partial charge in [0.2, 0.25) is 0 Å². The summed E-state index contributed by atoms with van der Waals surface area (Å²) in [6.45, 7) is 0.789. The summed E-state index contributed by atoms with van der Waals surface area (Å²) >= 11 is 11.9. The molecule has 2 aromatic rings. The van der Waals surface area contributed by atoms with Gasteiger partial charge in [-0.05, 0) is 42.2 Å². The van der Waals surface area contributed by atoms with Crippen LogP contribution in [0.2, 0.25) is 10.2 Å². The number of aromatic nitrogens is 1. The zero-order chi connectivity index (χ0) is 16.9. The Balaban J connectivity index is 1.45. The van der Waals surface area contributed by atoms with Crippen LogP contribution in [0.25, 0.3) is 0 Å². The van der Waals surface area contributed by atoms with Crippen LogP contribution in [-0.2, 0) is 6.42 Å². The fourth-order valence-electron chi connectivity index (χ4n) is 2.71. The van der Waals surface area contributed by atoms with Crippen LogP contribution in [-0.4, -0.2) is 30.6 Å². The Labute approximate surface area is 152 Å². The summed E-state index contributed by atoms with van der Waals surface area (Å²) in [5.74, 6) is 1.33. The van der Waals surface area contributed by atoms with Crippen LogP contribution in [0.4, 0.5) is 0 Å². The van der Waals surface area contributed by atoms with Crippen molar-refractivity contribution in [2.75, 3.05) is 13.6 Å². The van der Waals surface area contributed by atoms with Crippen molar-refractivity contribution in [1.82, 2.24) is 15.6 Å². The van der Waals surface area contributed by atoms with E-state index in [9.17, 15) is 0 Å². The summed E-state index contributed by atoms with van der Waals surface area (Å²) in [6, 6.07) is 12.3. The Morgan fingerprint density at radius 1 is 1.29 bits per heavy atom. The van der Waals surface area contributed by atoms with E-state index in [0.717, 1.165) is 35.9 Å². The largest absolute Gasteiger partial charge is 0.356 e. The second-order valence-electron chi connectivity index (χ2n) is 5.89. The van der Waals surface area contributed by atoms with E-state index >= 15 is 0 Å². The molecule has 1 saturated carbocycles. The van der Waals surface area contributed by atoms with E-state index in [1.54, 1.807) is 13.2 Å². The number of hydrogen-bond acceptors (Lipinski definition) is 2. The SMILES string of the molecule is CN=C(NCCc1ccc(Cl)nc1)NC1CC1c1cccc(Cl)c1. The van der Waals surface area contributed by atoms with E-state index in [-0.39, 0.29) is 0 Å². The van der Waals surface area contributed by atoms with Crippen molar-refractivity contribution >= 4 is 29.2 Å². The Morgan fingerprint density at radius 2 is 2.17 bits per heavy atom. The van der Waals surface area contributed by atoms with Gasteiger partial charge in [0.25, 0.3) is 0 Å². The lowest BCUT2D eigenvalue weighted by Gasteiger charge is -2.12. The number of nitrogens with one attached hydrogen (secondary N) is 2. The fraction of sp³-hybridized carbons (Fsp3) is 0.333. The lowest BCUT2D eigenvalue weighted by molar-refractivity contribution is 0.778. The Hall–Kier alpha value is -1.78. The third kappa shape index (κ3) is 4.62. The van der Waals surface area contributed by atoms with Gasteiger partial charge in [-0.15, -0.1) is 0 Å². The summed E-state index contributed by atoms with van der Waals surface area (Å²) in [6.07, 6.45) is 3.77. The molecule has 1 fully saturated rings. The second kappa shape index (κ2) is 7.86. The number of rotatable bonds is 5. The highest BCUT2D eigenvalue weighted by Crippen LogP contribution is 2.41. The summed E-state index contributed by atoms with van der Waals surface area (Å²) < 4.78 is 0. The van der Waals surface area contributed by atoms with Crippen molar-refractivity contribution in [1.29, 1.82) is 0 Å². The second-order valence-corrected chi connectivity index (χ2v) is 6.71. The number of halogens is 2. The molecule has 3 rings (SSSR count). The molecule has 2 atom stereocenters. The molecule has 0 radical (unpaired) electrons. The van der Waals surface area contributed by atoms with Gasteiger partial charge >= 0.3 is 0 Å². The molecule has 2 N–H and O–H groups in total. The van der Waals surface area contributed by atoms with Crippen LogP contribution >= 0.6 is 23.2 Å². The van der Waals surface area contributed by atoms with Gasteiger partial charge < -0.3 is 10.6 Å². The van der Waals surface area contributed by atoms with Crippen LogP contribution in [0.3, 0.4) is 0 Å². The minimum atomic E-state index is 0.409. The predicted molar refractivity (Wildman–Crippen MR) is 100 cm³/mol. The van der Waals surface area contributed by atoms with Gasteiger partial charge in [-0.2, -0.15) is 0 Å². The van der Waals surface area contributed by atoms with Gasteiger partial charge in [-0.3, -0.25) is 4.99 Å². The van der Waals surface area contributed by atoms with Crippen molar-refractivity contribution in [3.63, 3.8) is 0 Å². The molecule has 0 saturated heterocycles. The molecule has 1 aromatic heterocycles. The Morgan fingerprint density at radius 3 is 2.88 bits per heavy atom. The highest BCUT2D eigenvalue weighted by atomic mass is 35.5. The Kier molecular flexibility index (Phi) is 5.59. The normalized spacial score (nSPS) is 19.9. The highest BCUT2D eigenvalue weighted by Gasteiger charge is 2.39. The maximum atomic E-state index is 6.06. The van der Waals surface area contributed by atoms with Crippen molar-refractivity contribution in [3.05, 3.63) is 63.9 Å². The van der Waals surface area contributed by atoms with Gasteiger partial charge in [0.1, 0.15) is 5.15 Å². The summed E-state index contributed by atoms with van der Waals surface area (Å²) in [7, 11) is 1.79. The molecule has 1 aliphatic rings. The van der Waals surface area contributed by atoms with E-state index in [1.807, 2.05) is 30.3 Å². The minimum absolute atomic E-state index is 0.409. The van der Waals surface area contributed by atoms with E-state index in [1.165, 1.54) is 5.56 Å². The minimum Gasteiger partial charge on any atom is -0.356 e. The third-order valence-electron chi connectivity index (χ3n) is 4.11. The number of guanidine groups is 1. The smallest absolute Gasteiger partial charge is 0.191 e. The van der Waals surface area contributed by atoms with Crippen LogP contribution in [0.15, 0.2) is 47.6 Å². The zero-order valence-electron chi connectivity index (χ0n) is 13.5. The summed E-state index contributed by atoms with van der Waals surface area (Å²) in [4.78, 5) is 8.38. The first-order valence-corrected chi connectivity index (χ1v) is 8.74. The number of aliphatic imine (C=N–C) groups is 1. The molecule has 24 heavy (non-hydrogen) atoms. The third-order valence-corrected chi connectivity index (χ3v) is 4.57. The van der Waals surface area contributed by atoms with Gasteiger partial charge in [0, 0.05) is 36.8 Å². The first-order valence-electron chi connectivity index (χ1n) is 7.99. The first-order chi connectivity index (χ1) is 11.7. The molecule has 0 aliphatic heterocycles. The molecule has 1 heterocycles. The molecule has 6 heteroatoms. The van der Waals surface area contributed by atoms with E-state index in [4.69, 9.17) is 23.2 Å². The van der Waals surface area contributed by atoms with E-state index in [0.29, 0.717) is 17.1 Å². The van der Waals surface area contributed by atoms with Gasteiger partial charge in [0.05, 0.1) is 0 Å². The molecule has 1 aromatic carbocycles. The standard InChI is InChI=1S/C18H20Cl2N4/c1-21-18(22-8-7-12-5-6-17(20)23-11-12)24-16-10-15(16)13-3-2-4-14(19)9-13/h2-6,9,11,15-16H,7-8,10H2,1H3,(H2,21,22,24). The molecule has 0 amide bonds. The van der Waals surface area contributed by atoms with Gasteiger partial charge in [0.15, 0.2) is 5.96 Å². The van der Waals surface area contributed by atoms with E-state index in [2.05, 4.69) is 26.7 Å². The predicted octanol–water partition coefficient (Wildman–Crippen LogP) is 3.65. The van der Waals surface area contributed by atoms with Crippen molar-refractivity contribution in [2.24, 2.45) is 4.99 Å². The van der Waals surface area contributed by atoms with Crippen LogP contribution in [0, 0.1) is 0 Å². The topological polar surface area (TPSA) is 49.3 Å². The average molecular weight is 363 g/mol. The molecule has 4 nitrogen and oxygen atoms in total. The van der Waals surface area contributed by atoms with Crippen molar-refractivity contribution in [3.8, 4) is 0 Å². The first kappa shape index (κ1) is 17.1. The summed E-state index contributed by atoms with van der Waals surface area (Å²) in [5, 5.41) is 8.11. The monoisotopic (exact) mass is 362 g/mol. The van der Waals surface area contributed by atoms with Crippen LogP contribution in [0.1, 0.15) is 23.5 Å². The van der Waals surface area contributed by atoms with Gasteiger partial charge in [-0.1, -0.05) is 41.4 Å². The average Bonchev–Trinajstić information content (AvgIpc) is 3.35. The zero-order valence-corrected chi connectivity index (χ0v) is 15.0. The summed E-state index contributed by atoms with van der Waals surface area (Å²) in [5.41, 5.74) is 2.42. The quantitative estimate of drug-likeness (QED) is 0.484. The van der Waals surface area contributed by atoms with Crippen LogP contribution < -0.4 is 10.6 Å². The Bertz CT molecular complexity index is 715. The van der Waals surface area contributed by atoms with Crippen molar-refractivity contribution in [2.45, 2.75) is 24.8 Å². The number of nitrogens with zero attached hydrogens (tertiary/aromatic N) is 2. The number of hydrogen-bond donors (Lipinski definition) is 2. The highest BCUT2D eigenvalue weighted by molar-refractivity contribution is 6.30. The lowest BCUT2D eigenvalue weighted by atomic mass is 10.1. The molecular formula is C18H20Cl2N4. The maximum Gasteiger partial charge on any atom is 0.191 e. The molecule has 0 bridgehead atoms. The van der Waals surface area contributed by atoms with Crippen molar-refractivity contribution < 1.29 is 0 Å². The van der Waals surface area contributed by atoms with E-state index < -0.39 is 0 Å².